The molecule has 3 nitrogen and oxygen atoms in total. The summed E-state index contributed by atoms with van der Waals surface area (Å²) < 4.78 is 6.76. The normalized spacial score (nSPS) is 19.7. The van der Waals surface area contributed by atoms with Crippen LogP contribution in [0.3, 0.4) is 0 Å². The Kier molecular flexibility index (Phi) is 5.67. The van der Waals surface area contributed by atoms with Crippen LogP contribution in [0.1, 0.15) is 25.8 Å². The van der Waals surface area contributed by atoms with Crippen molar-refractivity contribution in [3.63, 3.8) is 0 Å². The van der Waals surface area contributed by atoms with E-state index < -0.39 is 0 Å². The molecule has 0 amide bonds. The third-order valence-corrected chi connectivity index (χ3v) is 4.23. The van der Waals surface area contributed by atoms with Crippen molar-refractivity contribution in [3.8, 4) is 0 Å². The van der Waals surface area contributed by atoms with Crippen LogP contribution in [0, 0.1) is 0 Å². The maximum atomic E-state index is 5.57. The van der Waals surface area contributed by atoms with E-state index in [1.165, 1.54) is 15.7 Å². The zero-order valence-corrected chi connectivity index (χ0v) is 13.4. The van der Waals surface area contributed by atoms with Crippen LogP contribution >= 0.6 is 15.9 Å². The molecule has 0 aromatic heterocycles. The van der Waals surface area contributed by atoms with Gasteiger partial charge in [0.1, 0.15) is 0 Å². The van der Waals surface area contributed by atoms with Gasteiger partial charge in [-0.25, -0.2) is 0 Å². The lowest BCUT2D eigenvalue weighted by Gasteiger charge is -2.37. The van der Waals surface area contributed by atoms with Crippen LogP contribution in [0.15, 0.2) is 22.7 Å². The highest BCUT2D eigenvalue weighted by atomic mass is 79.9. The van der Waals surface area contributed by atoms with Crippen molar-refractivity contribution in [3.05, 3.63) is 28.2 Å². The summed E-state index contributed by atoms with van der Waals surface area (Å²) >= 11 is 3.72. The average molecular weight is 327 g/mol. The van der Waals surface area contributed by atoms with E-state index in [9.17, 15) is 0 Å². The number of morpholine rings is 1. The Balaban J connectivity index is 2.14. The van der Waals surface area contributed by atoms with Crippen LogP contribution in [0.5, 0.6) is 0 Å². The highest BCUT2D eigenvalue weighted by molar-refractivity contribution is 9.10. The summed E-state index contributed by atoms with van der Waals surface area (Å²) in [5.41, 5.74) is 2.61. The first kappa shape index (κ1) is 14.8. The fraction of sp³-hybridized carbons (Fsp3) is 0.600. The quantitative estimate of drug-likeness (QED) is 0.899. The number of ether oxygens (including phenoxy) is 1. The van der Waals surface area contributed by atoms with Gasteiger partial charge in [0.25, 0.3) is 0 Å². The molecule has 2 rings (SSSR count). The van der Waals surface area contributed by atoms with Crippen molar-refractivity contribution in [1.82, 2.24) is 5.32 Å². The molecule has 19 heavy (non-hydrogen) atoms. The molecule has 1 aliphatic rings. The highest BCUT2D eigenvalue weighted by Gasteiger charge is 2.23. The Hall–Kier alpha value is -0.580. The Labute approximate surface area is 124 Å². The Bertz CT molecular complexity index is 411. The van der Waals surface area contributed by atoms with E-state index in [0.29, 0.717) is 6.04 Å². The number of rotatable bonds is 5. The standard InChI is InChI=1S/C15H23BrN2O/c1-3-13-11-19-8-7-18(13)15-6-5-12(9-14(15)16)10-17-4-2/h5-6,9,13,17H,3-4,7-8,10-11H2,1-2H3. The predicted octanol–water partition coefficient (Wildman–Crippen LogP) is 3.17. The monoisotopic (exact) mass is 326 g/mol. The van der Waals surface area contributed by atoms with E-state index in [2.05, 4.69) is 58.2 Å². The van der Waals surface area contributed by atoms with Crippen LogP contribution in [-0.2, 0) is 11.3 Å². The van der Waals surface area contributed by atoms with Gasteiger partial charge >= 0.3 is 0 Å². The van der Waals surface area contributed by atoms with Crippen LogP contribution in [0.25, 0.3) is 0 Å². The molecule has 0 aliphatic carbocycles. The average Bonchev–Trinajstić information content (AvgIpc) is 2.45. The van der Waals surface area contributed by atoms with E-state index in [1.807, 2.05) is 0 Å². The summed E-state index contributed by atoms with van der Waals surface area (Å²) in [7, 11) is 0. The molecule has 1 fully saturated rings. The third kappa shape index (κ3) is 3.71. The second kappa shape index (κ2) is 7.27. The molecule has 0 bridgehead atoms. The predicted molar refractivity (Wildman–Crippen MR) is 83.8 cm³/mol. The SMILES string of the molecule is CCNCc1ccc(N2CCOCC2CC)c(Br)c1. The molecule has 4 heteroatoms. The largest absolute Gasteiger partial charge is 0.377 e. The van der Waals surface area contributed by atoms with Crippen LogP contribution < -0.4 is 10.2 Å². The second-order valence-electron chi connectivity index (χ2n) is 4.90. The summed E-state index contributed by atoms with van der Waals surface area (Å²) in [5.74, 6) is 0. The van der Waals surface area contributed by atoms with Gasteiger partial charge < -0.3 is 15.0 Å². The highest BCUT2D eigenvalue weighted by Crippen LogP contribution is 2.30. The molecule has 1 heterocycles. The summed E-state index contributed by atoms with van der Waals surface area (Å²) in [5, 5.41) is 3.36. The first-order valence-electron chi connectivity index (χ1n) is 7.09. The minimum absolute atomic E-state index is 0.490. The van der Waals surface area contributed by atoms with E-state index >= 15 is 0 Å². The number of halogens is 1. The van der Waals surface area contributed by atoms with Crippen molar-refractivity contribution >= 4 is 21.6 Å². The van der Waals surface area contributed by atoms with Crippen molar-refractivity contribution in [2.75, 3.05) is 31.2 Å². The molecule has 1 atom stereocenters. The van der Waals surface area contributed by atoms with Gasteiger partial charge in [0.05, 0.1) is 24.9 Å². The summed E-state index contributed by atoms with van der Waals surface area (Å²) in [6.45, 7) is 8.91. The van der Waals surface area contributed by atoms with E-state index in [-0.39, 0.29) is 0 Å². The van der Waals surface area contributed by atoms with E-state index in [1.54, 1.807) is 0 Å². The number of benzene rings is 1. The summed E-state index contributed by atoms with van der Waals surface area (Å²) in [6, 6.07) is 7.15. The Morgan fingerprint density at radius 1 is 1.42 bits per heavy atom. The van der Waals surface area contributed by atoms with Crippen molar-refractivity contribution in [1.29, 1.82) is 0 Å². The molecular formula is C15H23BrN2O. The first-order chi connectivity index (χ1) is 9.26. The lowest BCUT2D eigenvalue weighted by molar-refractivity contribution is 0.0929. The first-order valence-corrected chi connectivity index (χ1v) is 7.89. The van der Waals surface area contributed by atoms with Gasteiger partial charge in [-0.15, -0.1) is 0 Å². The number of nitrogens with one attached hydrogen (secondary N) is 1. The molecule has 0 radical (unpaired) electrons. The molecule has 1 unspecified atom stereocenters. The lowest BCUT2D eigenvalue weighted by atomic mass is 10.1. The Morgan fingerprint density at radius 2 is 2.26 bits per heavy atom. The Morgan fingerprint density at radius 3 is 2.95 bits per heavy atom. The number of hydrogen-bond donors (Lipinski definition) is 1. The maximum absolute atomic E-state index is 5.57. The molecule has 1 aromatic rings. The lowest BCUT2D eigenvalue weighted by Crippen LogP contribution is -2.45. The minimum atomic E-state index is 0.490. The van der Waals surface area contributed by atoms with Gasteiger partial charge in [-0.2, -0.15) is 0 Å². The molecule has 0 spiro atoms. The van der Waals surface area contributed by atoms with Crippen LogP contribution in [-0.4, -0.2) is 32.3 Å². The number of nitrogens with zero attached hydrogens (tertiary/aromatic N) is 1. The van der Waals surface area contributed by atoms with Gasteiger partial charge in [0.2, 0.25) is 0 Å². The van der Waals surface area contributed by atoms with E-state index in [4.69, 9.17) is 4.74 Å². The minimum Gasteiger partial charge on any atom is -0.377 e. The summed E-state index contributed by atoms with van der Waals surface area (Å²) in [4.78, 5) is 2.46. The van der Waals surface area contributed by atoms with Crippen LogP contribution in [0.2, 0.25) is 0 Å². The molecule has 1 saturated heterocycles. The zero-order chi connectivity index (χ0) is 13.7. The van der Waals surface area contributed by atoms with Gasteiger partial charge in [-0.3, -0.25) is 0 Å². The molecule has 1 N–H and O–H groups in total. The van der Waals surface area contributed by atoms with Crippen molar-refractivity contribution < 1.29 is 4.74 Å². The molecule has 106 valence electrons. The zero-order valence-electron chi connectivity index (χ0n) is 11.8. The third-order valence-electron chi connectivity index (χ3n) is 3.60. The second-order valence-corrected chi connectivity index (χ2v) is 5.75. The number of hydrogen-bond acceptors (Lipinski definition) is 3. The topological polar surface area (TPSA) is 24.5 Å². The van der Waals surface area contributed by atoms with Crippen molar-refractivity contribution in [2.24, 2.45) is 0 Å². The van der Waals surface area contributed by atoms with Gasteiger partial charge in [-0.1, -0.05) is 19.9 Å². The fourth-order valence-electron chi connectivity index (χ4n) is 2.47. The molecule has 1 aromatic carbocycles. The molecule has 1 aliphatic heterocycles. The van der Waals surface area contributed by atoms with Gasteiger partial charge in [-0.05, 0) is 46.6 Å². The van der Waals surface area contributed by atoms with Crippen molar-refractivity contribution in [2.45, 2.75) is 32.9 Å². The van der Waals surface area contributed by atoms with Crippen LogP contribution in [0.4, 0.5) is 5.69 Å². The molecular weight excluding hydrogens is 304 g/mol. The maximum Gasteiger partial charge on any atom is 0.0670 e. The number of anilines is 1. The smallest absolute Gasteiger partial charge is 0.0670 e. The van der Waals surface area contributed by atoms with E-state index in [0.717, 1.165) is 39.3 Å². The molecule has 0 saturated carbocycles. The summed E-state index contributed by atoms with van der Waals surface area (Å²) in [6.07, 6.45) is 1.12. The van der Waals surface area contributed by atoms with Gasteiger partial charge in [0, 0.05) is 17.6 Å². The fourth-order valence-corrected chi connectivity index (χ4v) is 3.13. The van der Waals surface area contributed by atoms with Gasteiger partial charge in [0.15, 0.2) is 0 Å².